The highest BCUT2D eigenvalue weighted by Gasteiger charge is 2.20. The van der Waals surface area contributed by atoms with E-state index in [0.717, 1.165) is 46.9 Å². The van der Waals surface area contributed by atoms with Gasteiger partial charge in [-0.1, -0.05) is 30.2 Å². The van der Waals surface area contributed by atoms with Gasteiger partial charge in [-0.25, -0.2) is 19.6 Å². The molecule has 0 unspecified atom stereocenters. The lowest BCUT2D eigenvalue weighted by molar-refractivity contribution is -0.115. The molecule has 46 heavy (non-hydrogen) atoms. The second-order valence-electron chi connectivity index (χ2n) is 10.6. The number of primary amides is 1. The molecule has 1 aliphatic carbocycles. The first-order chi connectivity index (χ1) is 22.4. The van der Waals surface area contributed by atoms with Crippen LogP contribution in [0.15, 0.2) is 91.4 Å². The smallest absolute Gasteiger partial charge is 0.296 e. The van der Waals surface area contributed by atoms with Crippen LogP contribution in [-0.4, -0.2) is 41.1 Å². The van der Waals surface area contributed by atoms with Crippen molar-refractivity contribution < 1.29 is 9.59 Å². The molecule has 0 fully saturated rings. The van der Waals surface area contributed by atoms with Crippen molar-refractivity contribution in [2.75, 3.05) is 5.73 Å². The van der Waals surface area contributed by atoms with E-state index < -0.39 is 5.91 Å². The Morgan fingerprint density at radius 1 is 0.957 bits per heavy atom. The Hall–Kier alpha value is -6.28. The van der Waals surface area contributed by atoms with Gasteiger partial charge in [0.05, 0.1) is 5.56 Å². The van der Waals surface area contributed by atoms with Crippen LogP contribution >= 0.6 is 0 Å². The first kappa shape index (κ1) is 29.8. The number of nitrogens with two attached hydrogens (primary N) is 2. The quantitative estimate of drug-likeness (QED) is 0.239. The number of carbonyl (C=O) groups is 2. The number of nitrogens with one attached hydrogen (secondary N) is 1. The summed E-state index contributed by atoms with van der Waals surface area (Å²) in [6.45, 7) is 1.82. The van der Waals surface area contributed by atoms with E-state index in [1.807, 2.05) is 36.5 Å². The Morgan fingerprint density at radius 2 is 1.80 bits per heavy atom. The zero-order chi connectivity index (χ0) is 32.0. The number of carbonyl (C=O) groups excluding carboxylic acids is 2. The minimum absolute atomic E-state index is 0.243. The molecule has 0 radical (unpaired) electrons. The molecule has 5 N–H and O–H groups in total. The van der Waals surface area contributed by atoms with E-state index in [2.05, 4.69) is 50.0 Å². The van der Waals surface area contributed by atoms with Crippen LogP contribution in [0.2, 0.25) is 0 Å². The highest BCUT2D eigenvalue weighted by Crippen LogP contribution is 2.32. The predicted molar refractivity (Wildman–Crippen MR) is 176 cm³/mol. The van der Waals surface area contributed by atoms with Crippen molar-refractivity contribution in [2.45, 2.75) is 32.7 Å². The number of pyridine rings is 2. The van der Waals surface area contributed by atoms with E-state index >= 15 is 0 Å². The van der Waals surface area contributed by atoms with Crippen LogP contribution in [0.5, 0.6) is 0 Å². The third-order valence-corrected chi connectivity index (χ3v) is 7.61. The van der Waals surface area contributed by atoms with Crippen LogP contribution in [0.1, 0.15) is 40.4 Å². The number of benzene rings is 2. The fraction of sp³-hybridized carbons (Fsp3) is 0.143. The normalized spacial score (nSPS) is 11.6. The molecule has 11 nitrogen and oxygen atoms in total. The van der Waals surface area contributed by atoms with Crippen molar-refractivity contribution in [3.8, 4) is 34.7 Å². The molecule has 11 heteroatoms. The summed E-state index contributed by atoms with van der Waals surface area (Å²) < 4.78 is 3.83. The molecule has 228 valence electrons. The largest absolute Gasteiger partial charge is 0.383 e. The number of fused-ring (bicyclic) bond motifs is 2. The molecule has 0 bridgehead atoms. The molecular formula is C35H31N9O2. The third kappa shape index (κ3) is 6.18. The Balaban J connectivity index is 0.000000198. The summed E-state index contributed by atoms with van der Waals surface area (Å²) in [5, 5.41) is 6.89. The number of amides is 2. The summed E-state index contributed by atoms with van der Waals surface area (Å²) in [5.41, 5.74) is 18.7. The van der Waals surface area contributed by atoms with E-state index in [0.29, 0.717) is 16.9 Å². The molecule has 4 aromatic heterocycles. The first-order valence-electron chi connectivity index (χ1n) is 14.7. The van der Waals surface area contributed by atoms with Gasteiger partial charge >= 0.3 is 0 Å². The number of hydrogen-bond donors (Lipinski definition) is 3. The van der Waals surface area contributed by atoms with E-state index in [4.69, 9.17) is 21.4 Å². The number of aryl methyl sites for hydroxylation is 2. The second-order valence-corrected chi connectivity index (χ2v) is 10.6. The van der Waals surface area contributed by atoms with Crippen molar-refractivity contribution in [1.82, 2.24) is 34.6 Å². The Bertz CT molecular complexity index is 2120. The van der Waals surface area contributed by atoms with Gasteiger partial charge in [-0.3, -0.25) is 14.2 Å². The summed E-state index contributed by atoms with van der Waals surface area (Å²) in [6, 6.07) is 23.1. The van der Waals surface area contributed by atoms with Gasteiger partial charge in [-0.15, -0.1) is 0 Å². The Morgan fingerprint density at radius 3 is 2.59 bits per heavy atom. The average Bonchev–Trinajstić information content (AvgIpc) is 3.84. The number of anilines is 1. The van der Waals surface area contributed by atoms with E-state index in [1.165, 1.54) is 17.5 Å². The maximum Gasteiger partial charge on any atom is 0.296 e. The van der Waals surface area contributed by atoms with Gasteiger partial charge in [0.25, 0.3) is 5.91 Å². The summed E-state index contributed by atoms with van der Waals surface area (Å²) in [6.07, 6.45) is 8.76. The molecule has 0 saturated heterocycles. The van der Waals surface area contributed by atoms with E-state index in [1.54, 1.807) is 48.3 Å². The molecule has 4 heterocycles. The van der Waals surface area contributed by atoms with Gasteiger partial charge in [0.15, 0.2) is 17.3 Å². The lowest BCUT2D eigenvalue weighted by atomic mass is 10.1. The highest BCUT2D eigenvalue weighted by atomic mass is 16.1. The Kier molecular flexibility index (Phi) is 8.51. The van der Waals surface area contributed by atoms with Gasteiger partial charge in [0.1, 0.15) is 11.3 Å². The minimum Gasteiger partial charge on any atom is -0.383 e. The number of aromatic nitrogens is 6. The monoisotopic (exact) mass is 609 g/mol. The van der Waals surface area contributed by atoms with Crippen LogP contribution in [0.25, 0.3) is 34.1 Å². The van der Waals surface area contributed by atoms with Crippen LogP contribution in [0, 0.1) is 11.8 Å². The summed E-state index contributed by atoms with van der Waals surface area (Å²) >= 11 is 0. The molecule has 0 spiro atoms. The molecule has 6 aromatic rings. The Labute approximate surface area is 265 Å². The third-order valence-electron chi connectivity index (χ3n) is 7.61. The molecular weight excluding hydrogens is 578 g/mol. The summed E-state index contributed by atoms with van der Waals surface area (Å²) in [4.78, 5) is 36.2. The lowest BCUT2D eigenvalue weighted by Gasteiger charge is -2.12. The number of rotatable bonds is 6. The maximum absolute atomic E-state index is 11.1. The fourth-order valence-electron chi connectivity index (χ4n) is 5.46. The van der Waals surface area contributed by atoms with Crippen molar-refractivity contribution in [3.05, 3.63) is 114 Å². The standard InChI is InChI=1S/C23H19N7.C12H12N2O2/c24-21-18(6-2-11-25-21)22-27-19-9-10-20(29-13-3-12-26-29)28-23(19)30(22)17-8-7-15-4-1-5-16(15)14-17;1-2-5-11(15)14-8-9-6-3-4-7-10(9)12(13)16/h2-3,6-14H,1,4-5H2,(H2,24,25);3-4,6-7H,8H2,1H3,(H2,13,16)(H,14,15). The minimum atomic E-state index is -0.508. The highest BCUT2D eigenvalue weighted by molar-refractivity contribution is 5.95. The number of imidazole rings is 1. The van der Waals surface area contributed by atoms with Crippen LogP contribution in [-0.2, 0) is 24.2 Å². The molecule has 0 aliphatic heterocycles. The van der Waals surface area contributed by atoms with Gasteiger partial charge in [0.2, 0.25) is 5.91 Å². The van der Waals surface area contributed by atoms with Crippen LogP contribution < -0.4 is 16.8 Å². The molecule has 2 amide bonds. The zero-order valence-corrected chi connectivity index (χ0v) is 25.1. The summed E-state index contributed by atoms with van der Waals surface area (Å²) in [7, 11) is 0. The number of hydrogen-bond acceptors (Lipinski definition) is 7. The lowest BCUT2D eigenvalue weighted by Crippen LogP contribution is -2.23. The predicted octanol–water partition coefficient (Wildman–Crippen LogP) is 4.16. The van der Waals surface area contributed by atoms with Gasteiger partial charge in [-0.05, 0) is 97.3 Å². The van der Waals surface area contributed by atoms with Crippen molar-refractivity contribution in [2.24, 2.45) is 5.73 Å². The fourth-order valence-corrected chi connectivity index (χ4v) is 5.46. The molecule has 0 atom stereocenters. The van der Waals surface area contributed by atoms with Gasteiger partial charge in [-0.2, -0.15) is 5.10 Å². The van der Waals surface area contributed by atoms with E-state index in [9.17, 15) is 9.59 Å². The van der Waals surface area contributed by atoms with Crippen molar-refractivity contribution >= 4 is 28.8 Å². The molecule has 1 aliphatic rings. The van der Waals surface area contributed by atoms with Crippen LogP contribution in [0.4, 0.5) is 5.82 Å². The van der Waals surface area contributed by atoms with Crippen molar-refractivity contribution in [1.29, 1.82) is 0 Å². The summed E-state index contributed by atoms with van der Waals surface area (Å²) in [5.74, 6) is 5.87. The van der Waals surface area contributed by atoms with E-state index in [-0.39, 0.29) is 12.5 Å². The number of nitrogens with zero attached hydrogens (tertiary/aromatic N) is 6. The molecule has 7 rings (SSSR count). The van der Waals surface area contributed by atoms with Crippen LogP contribution in [0.3, 0.4) is 0 Å². The zero-order valence-electron chi connectivity index (χ0n) is 25.1. The molecule has 0 saturated carbocycles. The second kappa shape index (κ2) is 13.2. The first-order valence-corrected chi connectivity index (χ1v) is 14.7. The van der Waals surface area contributed by atoms with Gasteiger partial charge < -0.3 is 16.8 Å². The van der Waals surface area contributed by atoms with Gasteiger partial charge in [0, 0.05) is 36.4 Å². The maximum atomic E-state index is 11.1. The number of nitrogen functional groups attached to an aromatic ring is 1. The SMILES string of the molecule is CC#CC(=O)NCc1ccccc1C(N)=O.Nc1ncccc1-c1nc2ccc(-n3cccn3)nc2n1-c1ccc2c(c1)CCC2. The molecule has 2 aromatic carbocycles. The average molecular weight is 610 g/mol. The van der Waals surface area contributed by atoms with Crippen molar-refractivity contribution in [3.63, 3.8) is 0 Å². The topological polar surface area (TPSA) is 160 Å².